The van der Waals surface area contributed by atoms with Gasteiger partial charge in [-0.15, -0.1) is 0 Å². The lowest BCUT2D eigenvalue weighted by molar-refractivity contribution is -0.127. The number of rotatable bonds is 8. The Balaban J connectivity index is 2.16. The summed E-state index contributed by atoms with van der Waals surface area (Å²) in [6.07, 6.45) is 0. The van der Waals surface area contributed by atoms with Crippen molar-refractivity contribution in [3.63, 3.8) is 0 Å². The number of hydrogen-bond acceptors (Lipinski definition) is 4. The molecule has 1 aromatic carbocycles. The molecular formula is C15H23N3O3. The van der Waals surface area contributed by atoms with Gasteiger partial charge < -0.3 is 20.3 Å². The summed E-state index contributed by atoms with van der Waals surface area (Å²) in [5, 5.41) is 5.23. The van der Waals surface area contributed by atoms with E-state index in [-0.39, 0.29) is 25.0 Å². The fourth-order valence-corrected chi connectivity index (χ4v) is 1.49. The van der Waals surface area contributed by atoms with Crippen molar-refractivity contribution < 1.29 is 14.3 Å². The van der Waals surface area contributed by atoms with Crippen LogP contribution in [-0.2, 0) is 9.59 Å². The molecule has 0 aliphatic heterocycles. The number of amides is 2. The van der Waals surface area contributed by atoms with Gasteiger partial charge in [-0.3, -0.25) is 9.59 Å². The summed E-state index contributed by atoms with van der Waals surface area (Å²) in [4.78, 5) is 25.0. The molecule has 0 radical (unpaired) electrons. The van der Waals surface area contributed by atoms with Crippen LogP contribution in [-0.4, -0.2) is 57.1 Å². The van der Waals surface area contributed by atoms with Gasteiger partial charge in [0.2, 0.25) is 5.91 Å². The lowest BCUT2D eigenvalue weighted by Gasteiger charge is -2.11. The topological polar surface area (TPSA) is 70.7 Å². The van der Waals surface area contributed by atoms with Crippen LogP contribution in [0.25, 0.3) is 0 Å². The van der Waals surface area contributed by atoms with Gasteiger partial charge in [0.05, 0.1) is 6.54 Å². The second-order valence-corrected chi connectivity index (χ2v) is 5.03. The van der Waals surface area contributed by atoms with Crippen molar-refractivity contribution in [3.8, 4) is 5.75 Å². The minimum atomic E-state index is -0.321. The first-order valence-corrected chi connectivity index (χ1v) is 6.85. The number of aryl methyl sites for hydroxylation is 1. The highest BCUT2D eigenvalue weighted by Crippen LogP contribution is 2.10. The zero-order chi connectivity index (χ0) is 15.7. The number of likely N-dealkylation sites (N-methyl/N-ethyl adjacent to an activating group) is 1. The van der Waals surface area contributed by atoms with Crippen LogP contribution < -0.4 is 15.4 Å². The van der Waals surface area contributed by atoms with Crippen molar-refractivity contribution in [2.75, 3.05) is 40.3 Å². The van der Waals surface area contributed by atoms with Crippen LogP contribution in [0.4, 0.5) is 0 Å². The molecule has 1 rings (SSSR count). The third-order valence-corrected chi connectivity index (χ3v) is 2.72. The van der Waals surface area contributed by atoms with E-state index in [9.17, 15) is 9.59 Å². The van der Waals surface area contributed by atoms with E-state index in [4.69, 9.17) is 4.74 Å². The summed E-state index contributed by atoms with van der Waals surface area (Å²) in [5.41, 5.74) is 1.13. The maximum absolute atomic E-state index is 11.5. The summed E-state index contributed by atoms with van der Waals surface area (Å²) in [6, 6.07) is 7.42. The highest BCUT2D eigenvalue weighted by molar-refractivity contribution is 5.85. The smallest absolute Gasteiger partial charge is 0.258 e. The van der Waals surface area contributed by atoms with Crippen molar-refractivity contribution in [2.24, 2.45) is 0 Å². The SMILES string of the molecule is Cc1ccc(OCC(=O)NCC(=O)NCCN(C)C)cc1. The molecule has 0 bridgehead atoms. The monoisotopic (exact) mass is 293 g/mol. The predicted octanol–water partition coefficient (Wildman–Crippen LogP) is 0.168. The van der Waals surface area contributed by atoms with Gasteiger partial charge in [-0.05, 0) is 33.2 Å². The van der Waals surface area contributed by atoms with Gasteiger partial charge in [-0.25, -0.2) is 0 Å². The maximum atomic E-state index is 11.5. The summed E-state index contributed by atoms with van der Waals surface area (Å²) < 4.78 is 5.32. The highest BCUT2D eigenvalue weighted by atomic mass is 16.5. The van der Waals surface area contributed by atoms with Crippen molar-refractivity contribution in [2.45, 2.75) is 6.92 Å². The Morgan fingerprint density at radius 1 is 1.10 bits per heavy atom. The molecule has 6 nitrogen and oxygen atoms in total. The molecule has 116 valence electrons. The molecule has 1 aromatic rings. The van der Waals surface area contributed by atoms with E-state index in [0.29, 0.717) is 12.3 Å². The van der Waals surface area contributed by atoms with Crippen LogP contribution in [0, 0.1) is 6.92 Å². The van der Waals surface area contributed by atoms with Crippen LogP contribution in [0.3, 0.4) is 0 Å². The largest absolute Gasteiger partial charge is 0.484 e. The number of nitrogens with zero attached hydrogens (tertiary/aromatic N) is 1. The standard InChI is InChI=1S/C15H23N3O3/c1-12-4-6-13(7-5-12)21-11-15(20)17-10-14(19)16-8-9-18(2)3/h4-7H,8-11H2,1-3H3,(H,16,19)(H,17,20). The molecule has 2 N–H and O–H groups in total. The Morgan fingerprint density at radius 2 is 1.76 bits per heavy atom. The third kappa shape index (κ3) is 7.94. The van der Waals surface area contributed by atoms with Crippen molar-refractivity contribution >= 4 is 11.8 Å². The van der Waals surface area contributed by atoms with E-state index in [1.54, 1.807) is 12.1 Å². The van der Waals surface area contributed by atoms with Gasteiger partial charge in [-0.1, -0.05) is 17.7 Å². The molecule has 0 fully saturated rings. The molecule has 0 aliphatic rings. The Morgan fingerprint density at radius 3 is 2.38 bits per heavy atom. The minimum Gasteiger partial charge on any atom is -0.484 e. The molecule has 0 unspecified atom stereocenters. The fraction of sp³-hybridized carbons (Fsp3) is 0.467. The van der Waals surface area contributed by atoms with Gasteiger partial charge in [0.25, 0.3) is 5.91 Å². The van der Waals surface area contributed by atoms with Gasteiger partial charge >= 0.3 is 0 Å². The summed E-state index contributed by atoms with van der Waals surface area (Å²) in [5.74, 6) is 0.102. The fourth-order valence-electron chi connectivity index (χ4n) is 1.49. The van der Waals surface area contributed by atoms with E-state index in [0.717, 1.165) is 12.1 Å². The van der Waals surface area contributed by atoms with E-state index in [2.05, 4.69) is 10.6 Å². The second kappa shape index (κ2) is 8.97. The molecule has 2 amide bonds. The normalized spacial score (nSPS) is 10.3. The van der Waals surface area contributed by atoms with Crippen LogP contribution >= 0.6 is 0 Å². The molecular weight excluding hydrogens is 270 g/mol. The molecule has 0 spiro atoms. The van der Waals surface area contributed by atoms with Crippen molar-refractivity contribution in [1.29, 1.82) is 0 Å². The lowest BCUT2D eigenvalue weighted by Crippen LogP contribution is -2.40. The Labute approximate surface area is 125 Å². The third-order valence-electron chi connectivity index (χ3n) is 2.72. The predicted molar refractivity (Wildman–Crippen MR) is 81.2 cm³/mol. The van der Waals surface area contributed by atoms with Crippen LogP contribution in [0.2, 0.25) is 0 Å². The Kier molecular flexibility index (Phi) is 7.25. The van der Waals surface area contributed by atoms with Gasteiger partial charge in [0, 0.05) is 13.1 Å². The number of benzene rings is 1. The molecule has 21 heavy (non-hydrogen) atoms. The molecule has 0 atom stereocenters. The summed E-state index contributed by atoms with van der Waals surface area (Å²) in [7, 11) is 3.85. The number of carbonyl (C=O) groups excluding carboxylic acids is 2. The average Bonchev–Trinajstić information content (AvgIpc) is 2.44. The number of carbonyl (C=O) groups is 2. The zero-order valence-electron chi connectivity index (χ0n) is 12.8. The van der Waals surface area contributed by atoms with E-state index < -0.39 is 0 Å². The van der Waals surface area contributed by atoms with Gasteiger partial charge in [0.15, 0.2) is 6.61 Å². The van der Waals surface area contributed by atoms with Gasteiger partial charge in [0.1, 0.15) is 5.75 Å². The van der Waals surface area contributed by atoms with Crippen molar-refractivity contribution in [1.82, 2.24) is 15.5 Å². The average molecular weight is 293 g/mol. The number of nitrogens with one attached hydrogen (secondary N) is 2. The second-order valence-electron chi connectivity index (χ2n) is 5.03. The van der Waals surface area contributed by atoms with Gasteiger partial charge in [-0.2, -0.15) is 0 Å². The lowest BCUT2D eigenvalue weighted by atomic mass is 10.2. The van der Waals surface area contributed by atoms with E-state index in [1.165, 1.54) is 0 Å². The molecule has 6 heteroatoms. The molecule has 0 saturated carbocycles. The molecule has 0 aliphatic carbocycles. The summed E-state index contributed by atoms with van der Waals surface area (Å²) in [6.45, 7) is 3.15. The first-order chi connectivity index (χ1) is 9.97. The first-order valence-electron chi connectivity index (χ1n) is 6.85. The molecule has 0 heterocycles. The number of ether oxygens (including phenoxy) is 1. The van der Waals surface area contributed by atoms with E-state index >= 15 is 0 Å². The highest BCUT2D eigenvalue weighted by Gasteiger charge is 2.06. The summed E-state index contributed by atoms with van der Waals surface area (Å²) >= 11 is 0. The quantitative estimate of drug-likeness (QED) is 0.717. The molecule has 0 saturated heterocycles. The van der Waals surface area contributed by atoms with Crippen LogP contribution in [0.1, 0.15) is 5.56 Å². The van der Waals surface area contributed by atoms with E-state index in [1.807, 2.05) is 38.1 Å². The van der Waals surface area contributed by atoms with Crippen molar-refractivity contribution in [3.05, 3.63) is 29.8 Å². The first kappa shape index (κ1) is 17.0. The molecule has 0 aromatic heterocycles. The maximum Gasteiger partial charge on any atom is 0.258 e. The van der Waals surface area contributed by atoms with Crippen LogP contribution in [0.5, 0.6) is 5.75 Å². The minimum absolute atomic E-state index is 0.0382. The Bertz CT molecular complexity index is 458. The number of hydrogen-bond donors (Lipinski definition) is 2. The zero-order valence-corrected chi connectivity index (χ0v) is 12.8. The van der Waals surface area contributed by atoms with Crippen LogP contribution in [0.15, 0.2) is 24.3 Å². The Hall–Kier alpha value is -2.08.